The Morgan fingerprint density at radius 3 is 2.75 bits per heavy atom. The number of hydrogen-bond acceptors (Lipinski definition) is 4. The molecule has 1 fully saturated rings. The average molecular weight is 296 g/mol. The van der Waals surface area contributed by atoms with Crippen LogP contribution in [0.3, 0.4) is 0 Å². The highest BCUT2D eigenvalue weighted by molar-refractivity contribution is 7.07. The fraction of sp³-hybridized carbons (Fsp3) is 0.750. The predicted molar refractivity (Wildman–Crippen MR) is 86.6 cm³/mol. The summed E-state index contributed by atoms with van der Waals surface area (Å²) >= 11 is 1.79. The molecule has 114 valence electrons. The van der Waals surface area contributed by atoms with Crippen molar-refractivity contribution in [2.45, 2.75) is 44.7 Å². The van der Waals surface area contributed by atoms with E-state index in [4.69, 9.17) is 4.74 Å². The van der Waals surface area contributed by atoms with Crippen molar-refractivity contribution in [3.8, 4) is 0 Å². The van der Waals surface area contributed by atoms with Gasteiger partial charge in [0.25, 0.3) is 0 Å². The van der Waals surface area contributed by atoms with E-state index in [1.54, 1.807) is 11.3 Å². The maximum atomic E-state index is 5.51. The number of aryl methyl sites for hydroxylation is 1. The van der Waals surface area contributed by atoms with E-state index in [0.717, 1.165) is 32.7 Å². The summed E-state index contributed by atoms with van der Waals surface area (Å²) in [6, 6.07) is 2.76. The normalized spacial score (nSPS) is 21.6. The van der Waals surface area contributed by atoms with Gasteiger partial charge in [-0.15, -0.1) is 0 Å². The van der Waals surface area contributed by atoms with Crippen LogP contribution >= 0.6 is 11.3 Å². The molecule has 0 bridgehead atoms. The molecule has 0 amide bonds. The maximum Gasteiger partial charge on any atom is 0.0594 e. The van der Waals surface area contributed by atoms with Gasteiger partial charge in [-0.1, -0.05) is 6.92 Å². The van der Waals surface area contributed by atoms with E-state index >= 15 is 0 Å². The van der Waals surface area contributed by atoms with E-state index in [0.29, 0.717) is 6.04 Å². The van der Waals surface area contributed by atoms with Crippen molar-refractivity contribution in [1.29, 1.82) is 0 Å². The molecule has 20 heavy (non-hydrogen) atoms. The summed E-state index contributed by atoms with van der Waals surface area (Å²) in [4.78, 5) is 2.62. The molecule has 1 N–H and O–H groups in total. The molecule has 0 aliphatic carbocycles. The second-order valence-electron chi connectivity index (χ2n) is 5.82. The number of thiophene rings is 1. The van der Waals surface area contributed by atoms with Crippen LogP contribution in [0.1, 0.15) is 32.3 Å². The molecule has 2 heterocycles. The van der Waals surface area contributed by atoms with Crippen molar-refractivity contribution in [3.05, 3.63) is 22.4 Å². The van der Waals surface area contributed by atoms with Crippen LogP contribution in [-0.2, 0) is 11.2 Å². The molecule has 1 aromatic heterocycles. The summed E-state index contributed by atoms with van der Waals surface area (Å²) < 4.78 is 5.51. The van der Waals surface area contributed by atoms with Crippen molar-refractivity contribution in [1.82, 2.24) is 10.2 Å². The number of rotatable bonds is 7. The smallest absolute Gasteiger partial charge is 0.0594 e. The topological polar surface area (TPSA) is 24.5 Å². The van der Waals surface area contributed by atoms with E-state index in [9.17, 15) is 0 Å². The highest BCUT2D eigenvalue weighted by Gasteiger charge is 2.37. The highest BCUT2D eigenvalue weighted by atomic mass is 32.1. The fourth-order valence-electron chi connectivity index (χ4n) is 3.28. The number of ether oxygens (including phenoxy) is 1. The van der Waals surface area contributed by atoms with Gasteiger partial charge in [-0.05, 0) is 55.6 Å². The summed E-state index contributed by atoms with van der Waals surface area (Å²) in [7, 11) is 2.10. The Bertz CT molecular complexity index is 376. The molecule has 2 rings (SSSR count). The maximum absolute atomic E-state index is 5.51. The van der Waals surface area contributed by atoms with Crippen LogP contribution in [0.4, 0.5) is 0 Å². The molecule has 1 aliphatic rings. The van der Waals surface area contributed by atoms with Crippen molar-refractivity contribution >= 4 is 11.3 Å². The van der Waals surface area contributed by atoms with Gasteiger partial charge in [0.05, 0.1) is 13.2 Å². The molecule has 2 unspecified atom stereocenters. The zero-order valence-electron chi connectivity index (χ0n) is 13.0. The Labute approximate surface area is 127 Å². The van der Waals surface area contributed by atoms with Gasteiger partial charge in [-0.25, -0.2) is 0 Å². The Hall–Kier alpha value is -0.420. The minimum absolute atomic E-state index is 0.217. The highest BCUT2D eigenvalue weighted by Crippen LogP contribution is 2.27. The van der Waals surface area contributed by atoms with Crippen molar-refractivity contribution < 1.29 is 4.74 Å². The Balaban J connectivity index is 2.01. The second kappa shape index (κ2) is 7.55. The molecule has 0 saturated carbocycles. The van der Waals surface area contributed by atoms with Gasteiger partial charge < -0.3 is 10.1 Å². The van der Waals surface area contributed by atoms with Gasteiger partial charge in [0.1, 0.15) is 0 Å². The molecule has 4 heteroatoms. The lowest BCUT2D eigenvalue weighted by Gasteiger charge is -2.48. The summed E-state index contributed by atoms with van der Waals surface area (Å²) in [6.07, 6.45) is 3.52. The quantitative estimate of drug-likeness (QED) is 0.837. The first-order valence-corrected chi connectivity index (χ1v) is 8.66. The minimum atomic E-state index is 0.217. The summed E-state index contributed by atoms with van der Waals surface area (Å²) in [5.41, 5.74) is 1.69. The molecule has 1 saturated heterocycles. The monoisotopic (exact) mass is 296 g/mol. The third kappa shape index (κ3) is 3.61. The third-order valence-corrected chi connectivity index (χ3v) is 5.58. The van der Waals surface area contributed by atoms with Crippen molar-refractivity contribution in [2.75, 3.05) is 33.4 Å². The van der Waals surface area contributed by atoms with Crippen LogP contribution in [0.2, 0.25) is 0 Å². The lowest BCUT2D eigenvalue weighted by atomic mass is 9.83. The molecule has 1 aromatic rings. The van der Waals surface area contributed by atoms with Gasteiger partial charge in [-0.2, -0.15) is 11.3 Å². The van der Waals surface area contributed by atoms with Crippen LogP contribution < -0.4 is 5.32 Å². The number of hydrogen-bond donors (Lipinski definition) is 1. The van der Waals surface area contributed by atoms with Crippen molar-refractivity contribution in [3.63, 3.8) is 0 Å². The zero-order valence-corrected chi connectivity index (χ0v) is 13.8. The standard InChI is InChI=1S/C16H28N2OS/c1-4-16(2,18-8-10-19-11-9-18)15(17-3)6-5-14-7-12-20-13-14/h7,12-13,15,17H,4-6,8-11H2,1-3H3. The summed E-state index contributed by atoms with van der Waals surface area (Å²) in [6.45, 7) is 8.58. The first kappa shape index (κ1) is 16.0. The lowest BCUT2D eigenvalue weighted by Crippen LogP contribution is -2.61. The average Bonchev–Trinajstić information content (AvgIpc) is 3.01. The molecular weight excluding hydrogens is 268 g/mol. The van der Waals surface area contributed by atoms with Crippen LogP contribution in [0, 0.1) is 0 Å². The Morgan fingerprint density at radius 1 is 1.45 bits per heavy atom. The predicted octanol–water partition coefficient (Wildman–Crippen LogP) is 2.77. The first-order valence-electron chi connectivity index (χ1n) is 7.72. The van der Waals surface area contributed by atoms with Crippen LogP contribution in [0.5, 0.6) is 0 Å². The SMILES string of the molecule is CCC(C)(C(CCc1ccsc1)NC)N1CCOCC1. The van der Waals surface area contributed by atoms with Gasteiger partial charge in [0, 0.05) is 24.7 Å². The van der Waals surface area contributed by atoms with E-state index in [1.807, 2.05) is 0 Å². The molecule has 3 nitrogen and oxygen atoms in total. The van der Waals surface area contributed by atoms with E-state index in [-0.39, 0.29) is 5.54 Å². The molecule has 0 spiro atoms. The molecular formula is C16H28N2OS. The van der Waals surface area contributed by atoms with E-state index in [1.165, 1.54) is 18.4 Å². The van der Waals surface area contributed by atoms with Gasteiger partial charge in [0.2, 0.25) is 0 Å². The van der Waals surface area contributed by atoms with Gasteiger partial charge in [0.15, 0.2) is 0 Å². The Morgan fingerprint density at radius 2 is 2.20 bits per heavy atom. The fourth-order valence-corrected chi connectivity index (χ4v) is 3.98. The third-order valence-electron chi connectivity index (χ3n) is 4.85. The summed E-state index contributed by atoms with van der Waals surface area (Å²) in [5.74, 6) is 0. The first-order chi connectivity index (χ1) is 9.70. The van der Waals surface area contributed by atoms with Crippen molar-refractivity contribution in [2.24, 2.45) is 0 Å². The summed E-state index contributed by atoms with van der Waals surface area (Å²) in [5, 5.41) is 8.01. The van der Waals surface area contributed by atoms with Crippen LogP contribution in [0.25, 0.3) is 0 Å². The van der Waals surface area contributed by atoms with Crippen LogP contribution in [0.15, 0.2) is 16.8 Å². The molecule has 1 aliphatic heterocycles. The second-order valence-corrected chi connectivity index (χ2v) is 6.60. The van der Waals surface area contributed by atoms with Gasteiger partial charge in [-0.3, -0.25) is 4.90 Å². The molecule has 0 radical (unpaired) electrons. The largest absolute Gasteiger partial charge is 0.379 e. The molecule has 2 atom stereocenters. The van der Waals surface area contributed by atoms with Gasteiger partial charge >= 0.3 is 0 Å². The number of likely N-dealkylation sites (N-methyl/N-ethyl adjacent to an activating group) is 1. The molecule has 0 aromatic carbocycles. The van der Waals surface area contributed by atoms with Crippen LogP contribution in [-0.4, -0.2) is 49.8 Å². The number of nitrogens with zero attached hydrogens (tertiary/aromatic N) is 1. The van der Waals surface area contributed by atoms with E-state index in [2.05, 4.69) is 47.9 Å². The number of nitrogens with one attached hydrogen (secondary N) is 1. The Kier molecular flexibility index (Phi) is 6.02. The lowest BCUT2D eigenvalue weighted by molar-refractivity contribution is -0.0323. The number of morpholine rings is 1. The zero-order chi connectivity index (χ0) is 14.4. The van der Waals surface area contributed by atoms with E-state index < -0.39 is 0 Å². The minimum Gasteiger partial charge on any atom is -0.379 e.